The van der Waals surface area contributed by atoms with Crippen LogP contribution in [0, 0.1) is 0 Å². The van der Waals surface area contributed by atoms with E-state index in [0.29, 0.717) is 11.7 Å². The molecule has 0 fully saturated rings. The first-order chi connectivity index (χ1) is 6.68. The molecule has 2 N–H and O–H groups in total. The van der Waals surface area contributed by atoms with Crippen LogP contribution in [0.15, 0.2) is 18.4 Å². The van der Waals surface area contributed by atoms with Gasteiger partial charge in [0.1, 0.15) is 0 Å². The molecule has 2 aromatic heterocycles. The second kappa shape index (κ2) is 3.37. The van der Waals surface area contributed by atoms with E-state index in [1.165, 1.54) is 0 Å². The van der Waals surface area contributed by atoms with Crippen molar-refractivity contribution in [2.45, 2.75) is 19.8 Å². The molecule has 0 atom stereocenters. The van der Waals surface area contributed by atoms with Gasteiger partial charge >= 0.3 is 82.9 Å². The molecule has 0 aromatic carbocycles. The fourth-order valence-corrected chi connectivity index (χ4v) is 1.42. The Morgan fingerprint density at radius 1 is 1.36 bits per heavy atom. The van der Waals surface area contributed by atoms with Gasteiger partial charge in [-0.1, -0.05) is 0 Å². The van der Waals surface area contributed by atoms with Gasteiger partial charge in [0.15, 0.2) is 0 Å². The summed E-state index contributed by atoms with van der Waals surface area (Å²) in [6, 6.07) is 2.02. The van der Waals surface area contributed by atoms with Gasteiger partial charge in [-0.2, -0.15) is 0 Å². The van der Waals surface area contributed by atoms with E-state index in [2.05, 4.69) is 23.8 Å². The van der Waals surface area contributed by atoms with Crippen molar-refractivity contribution in [3.8, 4) is 0 Å². The van der Waals surface area contributed by atoms with Crippen LogP contribution >= 0.6 is 0 Å². The third-order valence-corrected chi connectivity index (χ3v) is 2.29. The van der Waals surface area contributed by atoms with Crippen LogP contribution in [-0.4, -0.2) is 16.9 Å². The molecule has 0 bridgehead atoms. The fourth-order valence-electron chi connectivity index (χ4n) is 1.42. The van der Waals surface area contributed by atoms with E-state index in [1.807, 2.05) is 19.2 Å². The number of nitrogen functional groups attached to an aromatic ring is 1. The summed E-state index contributed by atoms with van der Waals surface area (Å²) in [6.07, 6.45) is 3.55. The maximum atomic E-state index is 5.79. The van der Waals surface area contributed by atoms with Crippen molar-refractivity contribution in [1.29, 1.82) is 0 Å². The summed E-state index contributed by atoms with van der Waals surface area (Å²) in [7, 11) is 0. The van der Waals surface area contributed by atoms with Crippen molar-refractivity contribution in [2.75, 3.05) is 5.73 Å². The molecular formula is C10H12BN3. The molecule has 14 heavy (non-hydrogen) atoms. The van der Waals surface area contributed by atoms with Gasteiger partial charge in [0.25, 0.3) is 0 Å². The number of pyridine rings is 1. The normalized spacial score (nSPS) is 10.8. The van der Waals surface area contributed by atoms with Gasteiger partial charge in [0.05, 0.1) is 0 Å². The molecular weight excluding hydrogens is 173 g/mol. The number of aromatic nitrogens is 2. The summed E-state index contributed by atoms with van der Waals surface area (Å²) in [5, 5.41) is 2.04. The first kappa shape index (κ1) is 9.12. The molecule has 0 saturated carbocycles. The summed E-state index contributed by atoms with van der Waals surface area (Å²) < 4.78 is 0. The quantitative estimate of drug-likeness (QED) is 0.735. The molecule has 0 amide bonds. The molecule has 2 aromatic rings. The van der Waals surface area contributed by atoms with Crippen LogP contribution in [0.5, 0.6) is 0 Å². The molecule has 0 saturated heterocycles. The van der Waals surface area contributed by atoms with Gasteiger partial charge < -0.3 is 0 Å². The number of fused-ring (bicyclic) bond motifs is 1. The van der Waals surface area contributed by atoms with Crippen LogP contribution in [0.3, 0.4) is 0 Å². The van der Waals surface area contributed by atoms with Crippen molar-refractivity contribution >= 4 is 23.4 Å². The van der Waals surface area contributed by atoms with E-state index in [-0.39, 0.29) is 0 Å². The Morgan fingerprint density at radius 2 is 2.14 bits per heavy atom. The van der Waals surface area contributed by atoms with Gasteiger partial charge in [-0.25, -0.2) is 0 Å². The van der Waals surface area contributed by atoms with Crippen LogP contribution in [0.25, 0.3) is 10.7 Å². The van der Waals surface area contributed by atoms with Crippen molar-refractivity contribution in [2.24, 2.45) is 0 Å². The summed E-state index contributed by atoms with van der Waals surface area (Å²) in [4.78, 5) is 8.42. The average Bonchev–Trinajstić information content (AvgIpc) is 2.18. The summed E-state index contributed by atoms with van der Waals surface area (Å²) in [6.45, 7) is 6.14. The zero-order valence-corrected chi connectivity index (χ0v) is 8.36. The second-order valence-electron chi connectivity index (χ2n) is 3.68. The number of anilines is 1. The molecule has 0 radical (unpaired) electrons. The molecule has 70 valence electrons. The first-order valence-electron chi connectivity index (χ1n) is 4.68. The van der Waals surface area contributed by atoms with E-state index in [0.717, 1.165) is 16.4 Å². The van der Waals surface area contributed by atoms with Gasteiger partial charge in [-0.05, 0) is 0 Å². The Hall–Kier alpha value is -1.45. The van der Waals surface area contributed by atoms with Crippen molar-refractivity contribution in [3.63, 3.8) is 0 Å². The van der Waals surface area contributed by atoms with Gasteiger partial charge in [0.2, 0.25) is 0 Å². The Bertz CT molecular complexity index is 468. The van der Waals surface area contributed by atoms with Crippen molar-refractivity contribution in [3.05, 3.63) is 24.0 Å². The predicted molar refractivity (Wildman–Crippen MR) is 59.4 cm³/mol. The van der Waals surface area contributed by atoms with E-state index in [9.17, 15) is 0 Å². The minimum atomic E-state index is 0.416. The molecule has 2 heterocycles. The summed E-state index contributed by atoms with van der Waals surface area (Å²) >= 11 is 0. The van der Waals surface area contributed by atoms with E-state index in [4.69, 9.17) is 5.73 Å². The average molecular weight is 185 g/mol. The molecule has 0 unspecified atom stereocenters. The van der Waals surface area contributed by atoms with Crippen molar-refractivity contribution in [1.82, 2.24) is 9.97 Å². The molecule has 0 spiro atoms. The van der Waals surface area contributed by atoms with Gasteiger partial charge in [0, 0.05) is 0 Å². The molecule has 2 rings (SSSR count). The van der Waals surface area contributed by atoms with Crippen LogP contribution in [0.1, 0.15) is 25.5 Å². The van der Waals surface area contributed by atoms with E-state index < -0.39 is 0 Å². The summed E-state index contributed by atoms with van der Waals surface area (Å²) in [5.74, 6) is 0.991. The monoisotopic (exact) mass is 185 g/mol. The standard InChI is InChI=1S/C10H12BN3/c1-6(2)9-3-7-8(4-13-9)11-5-14-10(7)12/h3-6H,1-2H3,(H2,12,14). The number of nitrogens with zero attached hydrogens (tertiary/aromatic N) is 2. The SMILES string of the molecule is CC(C)c1cc2c(N)ncbc2cn1. The van der Waals surface area contributed by atoms with Crippen LogP contribution in [0.4, 0.5) is 5.82 Å². The topological polar surface area (TPSA) is 51.8 Å². The zero-order chi connectivity index (χ0) is 10.1. The van der Waals surface area contributed by atoms with Crippen LogP contribution in [0.2, 0.25) is 0 Å². The maximum absolute atomic E-state index is 5.79. The minimum absolute atomic E-state index is 0.416. The molecule has 4 heteroatoms. The summed E-state index contributed by atoms with van der Waals surface area (Å²) in [5.41, 5.74) is 6.84. The van der Waals surface area contributed by atoms with Gasteiger partial charge in [-0.15, -0.1) is 0 Å². The molecule has 0 aliphatic carbocycles. The number of rotatable bonds is 1. The Morgan fingerprint density at radius 3 is 2.86 bits per heavy atom. The number of hydrogen-bond donors (Lipinski definition) is 1. The fraction of sp³-hybridized carbons (Fsp3) is 0.300. The van der Waals surface area contributed by atoms with E-state index in [1.54, 1.807) is 6.09 Å². The van der Waals surface area contributed by atoms with Gasteiger partial charge in [-0.3, -0.25) is 0 Å². The number of hydrogen-bond acceptors (Lipinski definition) is 3. The molecule has 0 aliphatic heterocycles. The number of nitrogens with two attached hydrogens (primary N) is 1. The second-order valence-corrected chi connectivity index (χ2v) is 3.68. The zero-order valence-electron chi connectivity index (χ0n) is 8.36. The molecule has 3 nitrogen and oxygen atoms in total. The Labute approximate surface area is 83.6 Å². The third kappa shape index (κ3) is 1.48. The van der Waals surface area contributed by atoms with Crippen molar-refractivity contribution < 1.29 is 0 Å². The van der Waals surface area contributed by atoms with E-state index >= 15 is 0 Å². The Balaban J connectivity index is 2.70. The predicted octanol–water partition coefficient (Wildman–Crippen LogP) is 1.67. The van der Waals surface area contributed by atoms with Crippen LogP contribution < -0.4 is 5.73 Å². The van der Waals surface area contributed by atoms with Crippen LogP contribution in [-0.2, 0) is 0 Å². The first-order valence-corrected chi connectivity index (χ1v) is 4.68. The molecule has 0 aliphatic rings. The Kier molecular flexibility index (Phi) is 2.19. The third-order valence-electron chi connectivity index (χ3n) is 2.29.